The second kappa shape index (κ2) is 10.8. The molecule has 2 aromatic rings. The summed E-state index contributed by atoms with van der Waals surface area (Å²) in [6.07, 6.45) is 3.85. The highest BCUT2D eigenvalue weighted by molar-refractivity contribution is 8.00. The van der Waals surface area contributed by atoms with Crippen LogP contribution in [0.3, 0.4) is 0 Å². The van der Waals surface area contributed by atoms with Crippen LogP contribution in [0.1, 0.15) is 44.0 Å². The molecule has 0 radical (unpaired) electrons. The molecule has 0 spiro atoms. The van der Waals surface area contributed by atoms with Crippen molar-refractivity contribution >= 4 is 23.4 Å². The van der Waals surface area contributed by atoms with Crippen LogP contribution in [0.25, 0.3) is 0 Å². The highest BCUT2D eigenvalue weighted by Crippen LogP contribution is 2.29. The number of nitrogens with one attached hydrogen (secondary N) is 1. The summed E-state index contributed by atoms with van der Waals surface area (Å²) in [6.45, 7) is 9.86. The van der Waals surface area contributed by atoms with Gasteiger partial charge in [0, 0.05) is 30.0 Å². The minimum Gasteiger partial charge on any atom is -0.325 e. The van der Waals surface area contributed by atoms with Gasteiger partial charge in [0.05, 0.1) is 5.75 Å². The SMILES string of the molecule is CCc1ccc(NC(=O)CSc2nc(=O)n(CCN(CC)CC)c3c2CCC3)cc1. The van der Waals surface area contributed by atoms with Crippen molar-refractivity contribution in [3.8, 4) is 0 Å². The Morgan fingerprint density at radius 2 is 1.90 bits per heavy atom. The molecule has 162 valence electrons. The molecule has 0 fully saturated rings. The van der Waals surface area contributed by atoms with Gasteiger partial charge in [-0.1, -0.05) is 44.7 Å². The number of anilines is 1. The van der Waals surface area contributed by atoms with Crippen molar-refractivity contribution in [3.05, 3.63) is 51.6 Å². The van der Waals surface area contributed by atoms with Crippen molar-refractivity contribution in [2.45, 2.75) is 58.0 Å². The Balaban J connectivity index is 1.66. The predicted molar refractivity (Wildman–Crippen MR) is 123 cm³/mol. The third-order valence-corrected chi connectivity index (χ3v) is 6.74. The summed E-state index contributed by atoms with van der Waals surface area (Å²) in [4.78, 5) is 31.8. The molecule has 1 aliphatic carbocycles. The van der Waals surface area contributed by atoms with Crippen LogP contribution in [0, 0.1) is 0 Å². The van der Waals surface area contributed by atoms with Gasteiger partial charge in [0.2, 0.25) is 5.91 Å². The molecule has 1 aromatic heterocycles. The maximum atomic E-state index is 12.7. The average molecular weight is 429 g/mol. The minimum absolute atomic E-state index is 0.0801. The van der Waals surface area contributed by atoms with E-state index in [0.717, 1.165) is 67.3 Å². The van der Waals surface area contributed by atoms with Gasteiger partial charge in [0.1, 0.15) is 5.03 Å². The first-order chi connectivity index (χ1) is 14.5. The Morgan fingerprint density at radius 1 is 1.17 bits per heavy atom. The van der Waals surface area contributed by atoms with E-state index in [0.29, 0.717) is 6.54 Å². The number of fused-ring (bicyclic) bond motifs is 1. The number of thioether (sulfide) groups is 1. The van der Waals surface area contributed by atoms with E-state index >= 15 is 0 Å². The number of hydrogen-bond donors (Lipinski definition) is 1. The third kappa shape index (κ3) is 5.52. The molecular formula is C23H32N4O2S. The maximum Gasteiger partial charge on any atom is 0.348 e. The summed E-state index contributed by atoms with van der Waals surface area (Å²) in [7, 11) is 0. The smallest absolute Gasteiger partial charge is 0.325 e. The number of amides is 1. The van der Waals surface area contributed by atoms with Crippen LogP contribution >= 0.6 is 11.8 Å². The first-order valence-electron chi connectivity index (χ1n) is 10.9. The van der Waals surface area contributed by atoms with Crippen LogP contribution in [-0.4, -0.2) is 45.7 Å². The number of hydrogen-bond acceptors (Lipinski definition) is 5. The summed E-state index contributed by atoms with van der Waals surface area (Å²) in [5, 5.41) is 3.65. The van der Waals surface area contributed by atoms with Crippen molar-refractivity contribution in [3.63, 3.8) is 0 Å². The zero-order chi connectivity index (χ0) is 21.5. The monoisotopic (exact) mass is 428 g/mol. The molecule has 1 aromatic carbocycles. The molecule has 1 heterocycles. The Hall–Kier alpha value is -2.12. The molecule has 0 saturated carbocycles. The lowest BCUT2D eigenvalue weighted by Gasteiger charge is -2.20. The van der Waals surface area contributed by atoms with Gasteiger partial charge in [0.25, 0.3) is 0 Å². The number of benzene rings is 1. The van der Waals surface area contributed by atoms with E-state index in [1.54, 1.807) is 0 Å². The number of aryl methyl sites for hydroxylation is 1. The van der Waals surface area contributed by atoms with Gasteiger partial charge >= 0.3 is 5.69 Å². The van der Waals surface area contributed by atoms with Crippen molar-refractivity contribution in [1.82, 2.24) is 14.5 Å². The first-order valence-corrected chi connectivity index (χ1v) is 11.9. The normalized spacial score (nSPS) is 12.9. The number of nitrogens with zero attached hydrogens (tertiary/aromatic N) is 3. The summed E-state index contributed by atoms with van der Waals surface area (Å²) < 4.78 is 1.85. The van der Waals surface area contributed by atoms with Crippen LogP contribution in [-0.2, 0) is 30.6 Å². The summed E-state index contributed by atoms with van der Waals surface area (Å²) >= 11 is 1.37. The third-order valence-electron chi connectivity index (χ3n) is 5.72. The zero-order valence-electron chi connectivity index (χ0n) is 18.2. The van der Waals surface area contributed by atoms with Crippen molar-refractivity contribution < 1.29 is 4.79 Å². The van der Waals surface area contributed by atoms with Gasteiger partial charge < -0.3 is 10.2 Å². The molecule has 0 atom stereocenters. The zero-order valence-corrected chi connectivity index (χ0v) is 19.1. The standard InChI is InChI=1S/C23H32N4O2S/c1-4-17-10-12-18(13-11-17)24-21(28)16-30-22-19-8-7-9-20(19)27(23(29)25-22)15-14-26(5-2)6-3/h10-13H,4-9,14-16H2,1-3H3,(H,24,28). The van der Waals surface area contributed by atoms with Gasteiger partial charge in [-0.2, -0.15) is 4.98 Å². The van der Waals surface area contributed by atoms with E-state index in [2.05, 4.69) is 36.0 Å². The molecule has 30 heavy (non-hydrogen) atoms. The molecule has 3 rings (SSSR count). The van der Waals surface area contributed by atoms with Crippen LogP contribution in [0.2, 0.25) is 0 Å². The Labute approximate surface area is 183 Å². The van der Waals surface area contributed by atoms with Crippen LogP contribution in [0.4, 0.5) is 5.69 Å². The van der Waals surface area contributed by atoms with Gasteiger partial charge in [-0.15, -0.1) is 0 Å². The molecule has 6 nitrogen and oxygen atoms in total. The summed E-state index contributed by atoms with van der Waals surface area (Å²) in [5.41, 5.74) is 4.10. The number of rotatable bonds is 10. The second-order valence-corrected chi connectivity index (χ2v) is 8.51. The summed E-state index contributed by atoms with van der Waals surface area (Å²) in [5.74, 6) is 0.168. The first kappa shape index (κ1) is 22.6. The number of likely N-dealkylation sites (N-methyl/N-ethyl adjacent to an activating group) is 1. The van der Waals surface area contributed by atoms with Gasteiger partial charge in [-0.25, -0.2) is 4.79 Å². The van der Waals surface area contributed by atoms with Crippen LogP contribution in [0.5, 0.6) is 0 Å². The fourth-order valence-electron chi connectivity index (χ4n) is 3.87. The molecule has 1 amide bonds. The van der Waals surface area contributed by atoms with Gasteiger partial charge in [0.15, 0.2) is 0 Å². The Bertz CT molecular complexity index is 920. The van der Waals surface area contributed by atoms with Crippen LogP contribution < -0.4 is 11.0 Å². The number of carbonyl (C=O) groups excluding carboxylic acids is 1. The predicted octanol–water partition coefficient (Wildman–Crippen LogP) is 3.37. The van der Waals surface area contributed by atoms with E-state index < -0.39 is 0 Å². The quantitative estimate of drug-likeness (QED) is 0.464. The number of carbonyl (C=O) groups is 1. The molecular weight excluding hydrogens is 396 g/mol. The second-order valence-electron chi connectivity index (χ2n) is 7.54. The topological polar surface area (TPSA) is 67.2 Å². The lowest BCUT2D eigenvalue weighted by molar-refractivity contribution is -0.113. The largest absolute Gasteiger partial charge is 0.348 e. The highest BCUT2D eigenvalue weighted by atomic mass is 32.2. The van der Waals surface area contributed by atoms with E-state index in [9.17, 15) is 9.59 Å². The molecule has 0 aliphatic heterocycles. The Kier molecular flexibility index (Phi) is 8.10. The average Bonchev–Trinajstić information content (AvgIpc) is 3.24. The van der Waals surface area contributed by atoms with Gasteiger partial charge in [-0.05, 0) is 56.5 Å². The maximum absolute atomic E-state index is 12.7. The molecule has 0 saturated heterocycles. The molecule has 0 unspecified atom stereocenters. The minimum atomic E-state index is -0.194. The van der Waals surface area contributed by atoms with E-state index in [1.165, 1.54) is 17.3 Å². The molecule has 7 heteroatoms. The lowest BCUT2D eigenvalue weighted by atomic mass is 10.1. The van der Waals surface area contributed by atoms with E-state index in [1.807, 2.05) is 28.8 Å². The Morgan fingerprint density at radius 3 is 2.57 bits per heavy atom. The molecule has 0 bridgehead atoms. The number of aromatic nitrogens is 2. The fraction of sp³-hybridized carbons (Fsp3) is 0.522. The van der Waals surface area contributed by atoms with E-state index in [4.69, 9.17) is 0 Å². The lowest BCUT2D eigenvalue weighted by Crippen LogP contribution is -2.34. The highest BCUT2D eigenvalue weighted by Gasteiger charge is 2.22. The molecule has 1 aliphatic rings. The van der Waals surface area contributed by atoms with Crippen molar-refractivity contribution in [1.29, 1.82) is 0 Å². The van der Waals surface area contributed by atoms with Gasteiger partial charge in [-0.3, -0.25) is 9.36 Å². The molecule has 1 N–H and O–H groups in total. The van der Waals surface area contributed by atoms with Crippen molar-refractivity contribution in [2.24, 2.45) is 0 Å². The van der Waals surface area contributed by atoms with Crippen LogP contribution in [0.15, 0.2) is 34.1 Å². The summed E-state index contributed by atoms with van der Waals surface area (Å²) in [6, 6.07) is 7.90. The fourth-order valence-corrected chi connectivity index (χ4v) is 4.75. The van der Waals surface area contributed by atoms with Crippen molar-refractivity contribution in [2.75, 3.05) is 30.7 Å². The van der Waals surface area contributed by atoms with E-state index in [-0.39, 0.29) is 17.3 Å².